The molecule has 0 aromatic carbocycles. The highest BCUT2D eigenvalue weighted by molar-refractivity contribution is 5.79. The van der Waals surface area contributed by atoms with Crippen LogP contribution in [-0.4, -0.2) is 33.6 Å². The van der Waals surface area contributed by atoms with E-state index < -0.39 is 0 Å². The second-order valence-electron chi connectivity index (χ2n) is 3.45. The summed E-state index contributed by atoms with van der Waals surface area (Å²) in [7, 11) is 0. The lowest BCUT2D eigenvalue weighted by Crippen LogP contribution is -2.28. The number of amides is 1. The first-order chi connectivity index (χ1) is 6.75. The van der Waals surface area contributed by atoms with E-state index in [1.807, 2.05) is 12.1 Å². The van der Waals surface area contributed by atoms with Crippen LogP contribution >= 0.6 is 0 Å². The van der Waals surface area contributed by atoms with Gasteiger partial charge in [-0.3, -0.25) is 4.79 Å². The van der Waals surface area contributed by atoms with E-state index in [9.17, 15) is 4.79 Å². The maximum absolute atomic E-state index is 11.4. The van der Waals surface area contributed by atoms with Gasteiger partial charge in [-0.05, 0) is 12.1 Å². The molecule has 2 N–H and O–H groups in total. The Morgan fingerprint density at radius 2 is 2.50 bits per heavy atom. The molecule has 74 valence electrons. The predicted molar refractivity (Wildman–Crippen MR) is 50.0 cm³/mol. The van der Waals surface area contributed by atoms with Crippen LogP contribution in [0.25, 0.3) is 0 Å². The lowest BCUT2D eigenvalue weighted by Gasteiger charge is -2.14. The zero-order valence-corrected chi connectivity index (χ0v) is 7.76. The monoisotopic (exact) mass is 192 g/mol. The number of likely N-dealkylation sites (tertiary alicyclic amines) is 1. The molecule has 1 aliphatic heterocycles. The SMILES string of the molecule is NC1CC(=O)N(Cc2cccnn2)C1. The van der Waals surface area contributed by atoms with Crippen molar-refractivity contribution in [3.8, 4) is 0 Å². The first-order valence-corrected chi connectivity index (χ1v) is 4.55. The van der Waals surface area contributed by atoms with Crippen LogP contribution in [0, 0.1) is 0 Å². The molecule has 5 nitrogen and oxygen atoms in total. The van der Waals surface area contributed by atoms with Crippen LogP contribution < -0.4 is 5.73 Å². The number of hydrogen-bond donors (Lipinski definition) is 1. The number of carbonyl (C=O) groups is 1. The third-order valence-electron chi connectivity index (χ3n) is 2.22. The van der Waals surface area contributed by atoms with Crippen molar-refractivity contribution >= 4 is 5.91 Å². The van der Waals surface area contributed by atoms with Gasteiger partial charge in [0.1, 0.15) is 0 Å². The first kappa shape index (κ1) is 9.08. The van der Waals surface area contributed by atoms with Gasteiger partial charge in [0.05, 0.1) is 12.2 Å². The van der Waals surface area contributed by atoms with E-state index in [2.05, 4.69) is 10.2 Å². The molecule has 1 amide bonds. The van der Waals surface area contributed by atoms with E-state index in [1.165, 1.54) is 0 Å². The Labute approximate surface area is 81.9 Å². The minimum Gasteiger partial charge on any atom is -0.335 e. The second-order valence-corrected chi connectivity index (χ2v) is 3.45. The standard InChI is InChI=1S/C9H12N4O/c10-7-4-9(14)13(5-7)6-8-2-1-3-11-12-8/h1-3,7H,4-6,10H2. The molecule has 0 spiro atoms. The summed E-state index contributed by atoms with van der Waals surface area (Å²) in [6, 6.07) is 3.63. The predicted octanol–water partition coefficient (Wildman–Crippen LogP) is -0.464. The number of rotatable bonds is 2. The smallest absolute Gasteiger partial charge is 0.224 e. The highest BCUT2D eigenvalue weighted by Gasteiger charge is 2.26. The molecule has 1 saturated heterocycles. The summed E-state index contributed by atoms with van der Waals surface area (Å²) in [5.74, 6) is 0.100. The summed E-state index contributed by atoms with van der Waals surface area (Å²) in [4.78, 5) is 13.1. The molecular formula is C9H12N4O. The number of nitrogens with two attached hydrogens (primary N) is 1. The van der Waals surface area contributed by atoms with Crippen LogP contribution in [-0.2, 0) is 11.3 Å². The summed E-state index contributed by atoms with van der Waals surface area (Å²) >= 11 is 0. The zero-order chi connectivity index (χ0) is 9.97. The Bertz CT molecular complexity index is 327. The molecule has 1 aromatic heterocycles. The average Bonchev–Trinajstić information content (AvgIpc) is 2.47. The molecule has 0 bridgehead atoms. The number of aromatic nitrogens is 2. The van der Waals surface area contributed by atoms with Crippen LogP contribution in [0.5, 0.6) is 0 Å². The summed E-state index contributed by atoms with van der Waals surface area (Å²) in [6.45, 7) is 1.13. The Balaban J connectivity index is 2.02. The van der Waals surface area contributed by atoms with Crippen molar-refractivity contribution in [2.45, 2.75) is 19.0 Å². The number of hydrogen-bond acceptors (Lipinski definition) is 4. The van der Waals surface area contributed by atoms with E-state index in [4.69, 9.17) is 5.73 Å². The van der Waals surface area contributed by atoms with E-state index in [0.717, 1.165) is 5.69 Å². The topological polar surface area (TPSA) is 72.1 Å². The van der Waals surface area contributed by atoms with Crippen LogP contribution in [0.1, 0.15) is 12.1 Å². The lowest BCUT2D eigenvalue weighted by atomic mass is 10.3. The highest BCUT2D eigenvalue weighted by Crippen LogP contribution is 2.11. The Hall–Kier alpha value is -1.49. The number of nitrogens with zero attached hydrogens (tertiary/aromatic N) is 3. The average molecular weight is 192 g/mol. The van der Waals surface area contributed by atoms with E-state index in [-0.39, 0.29) is 11.9 Å². The summed E-state index contributed by atoms with van der Waals surface area (Å²) in [5, 5.41) is 7.67. The van der Waals surface area contributed by atoms with Crippen molar-refractivity contribution in [3.05, 3.63) is 24.0 Å². The maximum atomic E-state index is 11.4. The van der Waals surface area contributed by atoms with E-state index >= 15 is 0 Å². The molecule has 2 heterocycles. The first-order valence-electron chi connectivity index (χ1n) is 4.55. The van der Waals surface area contributed by atoms with E-state index in [0.29, 0.717) is 19.5 Å². The van der Waals surface area contributed by atoms with Crippen molar-refractivity contribution in [3.63, 3.8) is 0 Å². The van der Waals surface area contributed by atoms with E-state index in [1.54, 1.807) is 11.1 Å². The maximum Gasteiger partial charge on any atom is 0.224 e. The summed E-state index contributed by atoms with van der Waals surface area (Å²) in [6.07, 6.45) is 2.06. The van der Waals surface area contributed by atoms with Crippen molar-refractivity contribution in [1.29, 1.82) is 0 Å². The quantitative estimate of drug-likeness (QED) is 0.688. The van der Waals surface area contributed by atoms with Gasteiger partial charge in [-0.1, -0.05) is 0 Å². The van der Waals surface area contributed by atoms with Gasteiger partial charge in [0.2, 0.25) is 5.91 Å². The van der Waals surface area contributed by atoms with Crippen LogP contribution in [0.4, 0.5) is 0 Å². The summed E-state index contributed by atoms with van der Waals surface area (Å²) in [5.41, 5.74) is 6.47. The zero-order valence-electron chi connectivity index (χ0n) is 7.76. The van der Waals surface area contributed by atoms with Gasteiger partial charge in [-0.2, -0.15) is 10.2 Å². The number of carbonyl (C=O) groups excluding carboxylic acids is 1. The largest absolute Gasteiger partial charge is 0.335 e. The van der Waals surface area contributed by atoms with Crippen molar-refractivity contribution < 1.29 is 4.79 Å². The molecule has 5 heteroatoms. The molecule has 1 fully saturated rings. The van der Waals surface area contributed by atoms with Crippen molar-refractivity contribution in [2.24, 2.45) is 5.73 Å². The molecule has 1 aliphatic rings. The van der Waals surface area contributed by atoms with Gasteiger partial charge in [0.15, 0.2) is 0 Å². The van der Waals surface area contributed by atoms with Crippen LogP contribution in [0.15, 0.2) is 18.3 Å². The molecule has 1 unspecified atom stereocenters. The Morgan fingerprint density at radius 3 is 3.07 bits per heavy atom. The van der Waals surface area contributed by atoms with Gasteiger partial charge in [-0.15, -0.1) is 0 Å². The second kappa shape index (κ2) is 3.71. The Kier molecular flexibility index (Phi) is 2.41. The molecule has 0 radical (unpaired) electrons. The van der Waals surface area contributed by atoms with Crippen molar-refractivity contribution in [2.75, 3.05) is 6.54 Å². The molecule has 0 aliphatic carbocycles. The van der Waals surface area contributed by atoms with Gasteiger partial charge in [0.25, 0.3) is 0 Å². The van der Waals surface area contributed by atoms with Crippen molar-refractivity contribution in [1.82, 2.24) is 15.1 Å². The summed E-state index contributed by atoms with van der Waals surface area (Å²) < 4.78 is 0. The van der Waals surface area contributed by atoms with Gasteiger partial charge in [0, 0.05) is 25.2 Å². The lowest BCUT2D eigenvalue weighted by molar-refractivity contribution is -0.128. The molecule has 2 rings (SSSR count). The molecular weight excluding hydrogens is 180 g/mol. The Morgan fingerprint density at radius 1 is 1.64 bits per heavy atom. The fraction of sp³-hybridized carbons (Fsp3) is 0.444. The molecule has 0 saturated carbocycles. The minimum absolute atomic E-state index is 0.0285. The highest BCUT2D eigenvalue weighted by atomic mass is 16.2. The minimum atomic E-state index is -0.0285. The third-order valence-corrected chi connectivity index (χ3v) is 2.22. The van der Waals surface area contributed by atoms with Crippen LogP contribution in [0.2, 0.25) is 0 Å². The van der Waals surface area contributed by atoms with Gasteiger partial charge in [-0.25, -0.2) is 0 Å². The van der Waals surface area contributed by atoms with Crippen LogP contribution in [0.3, 0.4) is 0 Å². The molecule has 1 atom stereocenters. The molecule has 14 heavy (non-hydrogen) atoms. The van der Waals surface area contributed by atoms with Gasteiger partial charge < -0.3 is 10.6 Å². The third kappa shape index (κ3) is 1.88. The fourth-order valence-electron chi connectivity index (χ4n) is 1.57. The molecule has 1 aromatic rings. The normalized spacial score (nSPS) is 21.6. The van der Waals surface area contributed by atoms with Gasteiger partial charge >= 0.3 is 0 Å². The fourth-order valence-corrected chi connectivity index (χ4v) is 1.57.